The molecule has 0 aliphatic heterocycles. The van der Waals surface area contributed by atoms with Gasteiger partial charge in [0, 0.05) is 18.6 Å². The predicted molar refractivity (Wildman–Crippen MR) is 144 cm³/mol. The molecule has 9 heteroatoms. The Kier molecular flexibility index (Phi) is 8.89. The third-order valence-electron chi connectivity index (χ3n) is 6.90. The van der Waals surface area contributed by atoms with Crippen molar-refractivity contribution in [2.45, 2.75) is 64.6 Å². The number of hydrogen-bond acceptors (Lipinski definition) is 6. The van der Waals surface area contributed by atoms with Gasteiger partial charge in [0.15, 0.2) is 11.6 Å². The Morgan fingerprint density at radius 1 is 1.03 bits per heavy atom. The van der Waals surface area contributed by atoms with Crippen molar-refractivity contribution in [1.82, 2.24) is 20.4 Å². The summed E-state index contributed by atoms with van der Waals surface area (Å²) in [6.45, 7) is 3.66. The molecule has 0 spiro atoms. The summed E-state index contributed by atoms with van der Waals surface area (Å²) in [6, 6.07) is 16.8. The van der Waals surface area contributed by atoms with Crippen molar-refractivity contribution in [2.75, 3.05) is 0 Å². The van der Waals surface area contributed by atoms with Crippen LogP contribution in [-0.4, -0.2) is 39.4 Å². The number of amides is 2. The smallest absolute Gasteiger partial charge is 0.349 e. The first-order chi connectivity index (χ1) is 18.3. The van der Waals surface area contributed by atoms with Gasteiger partial charge < -0.3 is 10.6 Å². The topological polar surface area (TPSA) is 123 Å². The van der Waals surface area contributed by atoms with Crippen LogP contribution in [0.25, 0.3) is 11.4 Å². The molecule has 2 N–H and O–H groups in total. The number of Topliss-reactive ketones (excluding diaryl/α,β-unsaturated/α-hetero) is 1. The van der Waals surface area contributed by atoms with Gasteiger partial charge in [0.05, 0.1) is 18.5 Å². The molecular weight excluding hydrogens is 484 g/mol. The number of carbonyl (C=O) groups is 3. The Labute approximate surface area is 223 Å². The summed E-state index contributed by atoms with van der Waals surface area (Å²) >= 11 is 0. The van der Waals surface area contributed by atoms with Crippen molar-refractivity contribution >= 4 is 17.6 Å². The Morgan fingerprint density at radius 3 is 2.37 bits per heavy atom. The normalized spacial score (nSPS) is 18.1. The molecule has 4 rings (SSSR count). The molecule has 0 bridgehead atoms. The molecule has 1 aromatic heterocycles. The Hall–Kier alpha value is -4.01. The highest BCUT2D eigenvalue weighted by atomic mass is 16.5. The van der Waals surface area contributed by atoms with Crippen molar-refractivity contribution in [3.05, 3.63) is 76.8 Å². The van der Waals surface area contributed by atoms with E-state index in [4.69, 9.17) is 4.52 Å². The quantitative estimate of drug-likeness (QED) is 0.419. The van der Waals surface area contributed by atoms with E-state index in [1.165, 1.54) is 4.57 Å². The molecule has 38 heavy (non-hydrogen) atoms. The van der Waals surface area contributed by atoms with E-state index in [1.807, 2.05) is 26.0 Å². The SMILES string of the molecule is CC(C)C[C@H](NC(=O)[C@H]1CCCC[C@H]1NC(=O)c1ccccc1)C(=O)Cn1c(-c2ccccc2)noc1=O.[HH]. The molecule has 1 aliphatic carbocycles. The summed E-state index contributed by atoms with van der Waals surface area (Å²) < 4.78 is 6.05. The van der Waals surface area contributed by atoms with Crippen LogP contribution in [-0.2, 0) is 16.1 Å². The summed E-state index contributed by atoms with van der Waals surface area (Å²) in [5, 5.41) is 9.83. The molecule has 0 saturated heterocycles. The van der Waals surface area contributed by atoms with Gasteiger partial charge in [-0.25, -0.2) is 9.36 Å². The third kappa shape index (κ3) is 6.65. The molecule has 1 fully saturated rings. The van der Waals surface area contributed by atoms with Gasteiger partial charge in [-0.05, 0) is 37.3 Å². The summed E-state index contributed by atoms with van der Waals surface area (Å²) in [5.74, 6) is -1.59. The maximum Gasteiger partial charge on any atom is 0.442 e. The average Bonchev–Trinajstić information content (AvgIpc) is 3.28. The fourth-order valence-electron chi connectivity index (χ4n) is 4.95. The molecule has 202 valence electrons. The monoisotopic (exact) mass is 520 g/mol. The van der Waals surface area contributed by atoms with Crippen LogP contribution in [0.5, 0.6) is 0 Å². The van der Waals surface area contributed by atoms with Crippen LogP contribution < -0.4 is 16.4 Å². The first-order valence-corrected chi connectivity index (χ1v) is 13.1. The van der Waals surface area contributed by atoms with Crippen LogP contribution in [0.15, 0.2) is 70.0 Å². The van der Waals surface area contributed by atoms with E-state index in [-0.39, 0.29) is 43.4 Å². The molecule has 0 radical (unpaired) electrons. The van der Waals surface area contributed by atoms with Gasteiger partial charge in [0.25, 0.3) is 5.91 Å². The lowest BCUT2D eigenvalue weighted by Gasteiger charge is -2.32. The highest BCUT2D eigenvalue weighted by molar-refractivity contribution is 5.95. The largest absolute Gasteiger partial charge is 0.442 e. The second kappa shape index (κ2) is 12.5. The molecule has 0 unspecified atom stereocenters. The van der Waals surface area contributed by atoms with Crippen LogP contribution in [0.1, 0.15) is 57.7 Å². The number of nitrogens with zero attached hydrogens (tertiary/aromatic N) is 2. The van der Waals surface area contributed by atoms with Gasteiger partial charge in [-0.15, -0.1) is 0 Å². The first kappa shape index (κ1) is 27.0. The molecule has 1 aliphatic rings. The highest BCUT2D eigenvalue weighted by Gasteiger charge is 2.34. The van der Waals surface area contributed by atoms with Crippen LogP contribution in [0.4, 0.5) is 0 Å². The van der Waals surface area contributed by atoms with Crippen LogP contribution in [0.2, 0.25) is 0 Å². The van der Waals surface area contributed by atoms with Crippen molar-refractivity contribution < 1.29 is 20.3 Å². The molecule has 9 nitrogen and oxygen atoms in total. The van der Waals surface area contributed by atoms with Crippen molar-refractivity contribution in [2.24, 2.45) is 11.8 Å². The number of benzene rings is 2. The van der Waals surface area contributed by atoms with Crippen LogP contribution in [0, 0.1) is 11.8 Å². The van der Waals surface area contributed by atoms with Gasteiger partial charge >= 0.3 is 5.76 Å². The third-order valence-corrected chi connectivity index (χ3v) is 6.90. The van der Waals surface area contributed by atoms with Gasteiger partial charge in [0.1, 0.15) is 0 Å². The second-order valence-electron chi connectivity index (χ2n) is 10.2. The van der Waals surface area contributed by atoms with Gasteiger partial charge in [-0.1, -0.05) is 80.4 Å². The lowest BCUT2D eigenvalue weighted by atomic mass is 9.83. The van der Waals surface area contributed by atoms with E-state index in [0.717, 1.165) is 12.8 Å². The zero-order valence-corrected chi connectivity index (χ0v) is 21.8. The maximum absolute atomic E-state index is 13.5. The molecule has 2 amide bonds. The van der Waals surface area contributed by atoms with Crippen LogP contribution >= 0.6 is 0 Å². The van der Waals surface area contributed by atoms with E-state index in [2.05, 4.69) is 15.8 Å². The molecule has 1 heterocycles. The summed E-state index contributed by atoms with van der Waals surface area (Å²) in [6.07, 6.45) is 3.51. The van der Waals surface area contributed by atoms with E-state index < -0.39 is 17.7 Å². The number of hydrogen-bond donors (Lipinski definition) is 2. The fourth-order valence-corrected chi connectivity index (χ4v) is 4.95. The summed E-state index contributed by atoms with van der Waals surface area (Å²) in [5.41, 5.74) is 1.19. The summed E-state index contributed by atoms with van der Waals surface area (Å²) in [4.78, 5) is 52.0. The van der Waals surface area contributed by atoms with Crippen LogP contribution in [0.3, 0.4) is 0 Å². The number of rotatable bonds is 10. The van der Waals surface area contributed by atoms with Crippen molar-refractivity contribution in [3.63, 3.8) is 0 Å². The lowest BCUT2D eigenvalue weighted by Crippen LogP contribution is -2.52. The zero-order valence-electron chi connectivity index (χ0n) is 21.8. The highest BCUT2D eigenvalue weighted by Crippen LogP contribution is 2.26. The number of ketones is 1. The lowest BCUT2D eigenvalue weighted by molar-refractivity contribution is -0.132. The minimum Gasteiger partial charge on any atom is -0.349 e. The number of carbonyl (C=O) groups excluding carboxylic acids is 3. The predicted octanol–water partition coefficient (Wildman–Crippen LogP) is 3.84. The maximum atomic E-state index is 13.5. The minimum atomic E-state index is -0.791. The average molecular weight is 521 g/mol. The van der Waals surface area contributed by atoms with E-state index in [0.29, 0.717) is 30.4 Å². The van der Waals surface area contributed by atoms with Crippen molar-refractivity contribution in [1.29, 1.82) is 0 Å². The first-order valence-electron chi connectivity index (χ1n) is 13.1. The molecule has 3 aromatic rings. The van der Waals surface area contributed by atoms with E-state index >= 15 is 0 Å². The standard InChI is InChI=1S/C29H34N4O5.H2/c1-19(2)17-24(25(34)18-33-26(32-38-29(33)37)20-11-5-3-6-12-20)31-28(36)22-15-9-10-16-23(22)30-27(35)21-13-7-4-8-14-21;/h3-8,11-14,19,22-24H,9-10,15-18H2,1-2H3,(H,30,35)(H,31,36);1H/t22-,23+,24-;/m0./s1. The van der Waals surface area contributed by atoms with Gasteiger partial charge in [-0.2, -0.15) is 0 Å². The summed E-state index contributed by atoms with van der Waals surface area (Å²) in [7, 11) is 0. The van der Waals surface area contributed by atoms with Gasteiger partial charge in [-0.3, -0.25) is 18.9 Å². The number of nitrogens with one attached hydrogen (secondary N) is 2. The Balaban J connectivity index is 0.00000420. The minimum absolute atomic E-state index is 0. The van der Waals surface area contributed by atoms with Gasteiger partial charge in [0.2, 0.25) is 5.91 Å². The molecular formula is C29H36N4O5. The van der Waals surface area contributed by atoms with E-state index in [9.17, 15) is 19.2 Å². The molecule has 2 aromatic carbocycles. The molecule has 1 saturated carbocycles. The Morgan fingerprint density at radius 2 is 1.68 bits per heavy atom. The zero-order chi connectivity index (χ0) is 27.1. The number of aromatic nitrogens is 2. The van der Waals surface area contributed by atoms with Crippen molar-refractivity contribution in [3.8, 4) is 11.4 Å². The van der Waals surface area contributed by atoms with E-state index in [1.54, 1.807) is 48.5 Å². The Bertz CT molecular complexity index is 1310. The fraction of sp³-hybridized carbons (Fsp3) is 0.414. The second-order valence-corrected chi connectivity index (χ2v) is 10.2. The molecule has 3 atom stereocenters.